The highest BCUT2D eigenvalue weighted by atomic mass is 127. The number of aromatic nitrogens is 1. The van der Waals surface area contributed by atoms with E-state index in [4.69, 9.17) is 0 Å². The molecule has 0 aliphatic carbocycles. The van der Waals surface area contributed by atoms with Gasteiger partial charge in [0.05, 0.1) is 12.2 Å². The average molecular weight is 494 g/mol. The van der Waals surface area contributed by atoms with E-state index in [1.807, 2.05) is 7.05 Å². The molecule has 2 heterocycles. The van der Waals surface area contributed by atoms with E-state index in [9.17, 15) is 0 Å². The van der Waals surface area contributed by atoms with Crippen LogP contribution in [0.5, 0.6) is 0 Å². The fraction of sp³-hybridized carbons (Fsp3) is 0.789. The zero-order chi connectivity index (χ0) is 18.2. The van der Waals surface area contributed by atoms with Gasteiger partial charge in [-0.2, -0.15) is 0 Å². The van der Waals surface area contributed by atoms with Gasteiger partial charge in [0, 0.05) is 32.1 Å². The molecule has 0 aromatic carbocycles. The van der Waals surface area contributed by atoms with Crippen molar-refractivity contribution >= 4 is 41.3 Å². The van der Waals surface area contributed by atoms with Crippen LogP contribution in [0.25, 0.3) is 0 Å². The molecule has 26 heavy (non-hydrogen) atoms. The summed E-state index contributed by atoms with van der Waals surface area (Å²) in [6.45, 7) is 14.5. The number of hydrogen-bond acceptors (Lipinski definition) is 4. The molecule has 5 nitrogen and oxygen atoms in total. The summed E-state index contributed by atoms with van der Waals surface area (Å²) in [7, 11) is 1.82. The van der Waals surface area contributed by atoms with Crippen molar-refractivity contribution in [3.8, 4) is 0 Å². The number of hydrogen-bond donors (Lipinski definition) is 2. The fourth-order valence-electron chi connectivity index (χ4n) is 3.54. The van der Waals surface area contributed by atoms with Gasteiger partial charge < -0.3 is 15.5 Å². The van der Waals surface area contributed by atoms with E-state index in [0.717, 1.165) is 42.3 Å². The van der Waals surface area contributed by atoms with E-state index in [0.29, 0.717) is 5.92 Å². The summed E-state index contributed by atoms with van der Waals surface area (Å²) in [6, 6.07) is 0. The topological polar surface area (TPSA) is 52.6 Å². The Hall–Kier alpha value is -0.410. The van der Waals surface area contributed by atoms with Crippen molar-refractivity contribution in [2.24, 2.45) is 16.8 Å². The molecule has 1 aromatic rings. The highest BCUT2D eigenvalue weighted by Crippen LogP contribution is 2.20. The fourth-order valence-corrected chi connectivity index (χ4v) is 4.43. The van der Waals surface area contributed by atoms with Crippen molar-refractivity contribution in [1.82, 2.24) is 20.5 Å². The van der Waals surface area contributed by atoms with E-state index in [2.05, 4.69) is 58.6 Å². The summed E-state index contributed by atoms with van der Waals surface area (Å²) in [5.41, 5.74) is 1.18. The lowest BCUT2D eigenvalue weighted by molar-refractivity contribution is 0.140. The van der Waals surface area contributed by atoms with Gasteiger partial charge in [-0.15, -0.1) is 35.3 Å². The van der Waals surface area contributed by atoms with Crippen molar-refractivity contribution in [2.75, 3.05) is 33.2 Å². The highest BCUT2D eigenvalue weighted by molar-refractivity contribution is 14.0. The Bertz CT molecular complexity index is 536. The van der Waals surface area contributed by atoms with Crippen LogP contribution in [0, 0.1) is 11.8 Å². The van der Waals surface area contributed by atoms with Crippen molar-refractivity contribution in [3.05, 3.63) is 16.1 Å². The molecule has 0 radical (unpaired) electrons. The second-order valence-corrected chi connectivity index (χ2v) is 8.68. The van der Waals surface area contributed by atoms with Crippen LogP contribution in [-0.4, -0.2) is 49.1 Å². The first-order valence-electron chi connectivity index (χ1n) is 9.59. The highest BCUT2D eigenvalue weighted by Gasteiger charge is 2.20. The molecule has 1 aromatic heterocycles. The molecule has 2 N–H and O–H groups in total. The first-order valence-corrected chi connectivity index (χ1v) is 10.5. The first-order chi connectivity index (χ1) is 12.0. The van der Waals surface area contributed by atoms with Crippen LogP contribution in [0.3, 0.4) is 0 Å². The molecule has 2 atom stereocenters. The Morgan fingerprint density at radius 2 is 2.00 bits per heavy atom. The second kappa shape index (κ2) is 12.1. The maximum absolute atomic E-state index is 4.65. The number of guanidine groups is 1. The van der Waals surface area contributed by atoms with Crippen LogP contribution in [0.2, 0.25) is 0 Å². The van der Waals surface area contributed by atoms with Crippen molar-refractivity contribution in [1.29, 1.82) is 0 Å². The Labute approximate surface area is 180 Å². The van der Waals surface area contributed by atoms with Crippen LogP contribution in [0.1, 0.15) is 57.2 Å². The third-order valence-electron chi connectivity index (χ3n) is 4.68. The summed E-state index contributed by atoms with van der Waals surface area (Å²) in [5, 5.41) is 10.0. The molecule has 0 spiro atoms. The van der Waals surface area contributed by atoms with Crippen molar-refractivity contribution in [2.45, 2.75) is 53.0 Å². The molecule has 1 aliphatic rings. The smallest absolute Gasteiger partial charge is 0.191 e. The Kier molecular flexibility index (Phi) is 11.0. The standard InChI is InChI=1S/C19H35N5S.HI/c1-14(2)17-13-25-18(23-17)10-22-19(20-5)21-7-6-8-24-11-15(3)9-16(4)12-24;/h13-16H,6-12H2,1-5H3,(H2,20,21,22);1H. The minimum atomic E-state index is 0. The molecular weight excluding hydrogens is 457 g/mol. The van der Waals surface area contributed by atoms with Crippen LogP contribution < -0.4 is 10.6 Å². The van der Waals surface area contributed by atoms with E-state index < -0.39 is 0 Å². The molecule has 2 rings (SSSR count). The van der Waals surface area contributed by atoms with Crippen molar-refractivity contribution < 1.29 is 0 Å². The molecule has 150 valence electrons. The number of aliphatic imine (C=N–C) groups is 1. The number of halogens is 1. The molecule has 1 fully saturated rings. The molecule has 0 bridgehead atoms. The first kappa shape index (κ1) is 23.6. The Morgan fingerprint density at radius 1 is 1.31 bits per heavy atom. The summed E-state index contributed by atoms with van der Waals surface area (Å²) in [4.78, 5) is 11.6. The molecule has 0 saturated carbocycles. The van der Waals surface area contributed by atoms with Gasteiger partial charge in [-0.05, 0) is 37.1 Å². The zero-order valence-corrected chi connectivity index (χ0v) is 20.1. The Balaban J connectivity index is 0.00000338. The summed E-state index contributed by atoms with van der Waals surface area (Å²) < 4.78 is 0. The zero-order valence-electron chi connectivity index (χ0n) is 16.9. The van der Waals surface area contributed by atoms with E-state index in [1.54, 1.807) is 11.3 Å². The lowest BCUT2D eigenvalue weighted by Crippen LogP contribution is -2.41. The van der Waals surface area contributed by atoms with Crippen molar-refractivity contribution in [3.63, 3.8) is 0 Å². The van der Waals surface area contributed by atoms with Gasteiger partial charge >= 0.3 is 0 Å². The van der Waals surface area contributed by atoms with E-state index in [-0.39, 0.29) is 24.0 Å². The quantitative estimate of drug-likeness (QED) is 0.262. The largest absolute Gasteiger partial charge is 0.356 e. The number of nitrogens with zero attached hydrogens (tertiary/aromatic N) is 3. The number of piperidine rings is 1. The molecular formula is C19H36IN5S. The van der Waals surface area contributed by atoms with Gasteiger partial charge in [0.2, 0.25) is 0 Å². The number of thiazole rings is 1. The molecule has 0 amide bonds. The minimum Gasteiger partial charge on any atom is -0.356 e. The maximum atomic E-state index is 4.65. The van der Waals surface area contributed by atoms with Gasteiger partial charge in [-0.1, -0.05) is 27.7 Å². The molecule has 7 heteroatoms. The predicted molar refractivity (Wildman–Crippen MR) is 124 cm³/mol. The average Bonchev–Trinajstić information content (AvgIpc) is 3.02. The monoisotopic (exact) mass is 493 g/mol. The number of likely N-dealkylation sites (tertiary alicyclic amines) is 1. The summed E-state index contributed by atoms with van der Waals surface area (Å²) >= 11 is 1.71. The number of nitrogens with one attached hydrogen (secondary N) is 2. The third kappa shape index (κ3) is 8.08. The summed E-state index contributed by atoms with van der Waals surface area (Å²) in [5.74, 6) is 3.02. The van der Waals surface area contributed by atoms with Crippen LogP contribution >= 0.6 is 35.3 Å². The summed E-state index contributed by atoms with van der Waals surface area (Å²) in [6.07, 6.45) is 2.52. The second-order valence-electron chi connectivity index (χ2n) is 7.73. The molecule has 1 aliphatic heterocycles. The van der Waals surface area contributed by atoms with Gasteiger partial charge in [0.15, 0.2) is 5.96 Å². The van der Waals surface area contributed by atoms with E-state index in [1.165, 1.54) is 31.7 Å². The molecule has 2 unspecified atom stereocenters. The molecule has 1 saturated heterocycles. The number of rotatable bonds is 7. The van der Waals surface area contributed by atoms with Gasteiger partial charge in [-0.25, -0.2) is 4.98 Å². The normalized spacial score (nSPS) is 21.5. The van der Waals surface area contributed by atoms with Gasteiger partial charge in [-0.3, -0.25) is 4.99 Å². The maximum Gasteiger partial charge on any atom is 0.191 e. The SMILES string of the molecule is CN=C(NCCCN1CC(C)CC(C)C1)NCc1nc(C(C)C)cs1.I. The van der Waals surface area contributed by atoms with Gasteiger partial charge in [0.25, 0.3) is 0 Å². The lowest BCUT2D eigenvalue weighted by atomic mass is 9.92. The van der Waals surface area contributed by atoms with Crippen LogP contribution in [-0.2, 0) is 6.54 Å². The van der Waals surface area contributed by atoms with Gasteiger partial charge in [0.1, 0.15) is 5.01 Å². The minimum absolute atomic E-state index is 0. The predicted octanol–water partition coefficient (Wildman–Crippen LogP) is 3.92. The Morgan fingerprint density at radius 3 is 2.58 bits per heavy atom. The van der Waals surface area contributed by atoms with Crippen LogP contribution in [0.15, 0.2) is 10.4 Å². The van der Waals surface area contributed by atoms with E-state index >= 15 is 0 Å². The third-order valence-corrected chi connectivity index (χ3v) is 5.55. The van der Waals surface area contributed by atoms with Crippen LogP contribution in [0.4, 0.5) is 0 Å². The lowest BCUT2D eigenvalue weighted by Gasteiger charge is -2.35.